The summed E-state index contributed by atoms with van der Waals surface area (Å²) in [7, 11) is 1.48. The number of ether oxygens (including phenoxy) is 1. The van der Waals surface area contributed by atoms with E-state index in [2.05, 4.69) is 25.6 Å². The highest BCUT2D eigenvalue weighted by molar-refractivity contribution is 5.96. The summed E-state index contributed by atoms with van der Waals surface area (Å²) in [5, 5.41) is 7.35. The van der Waals surface area contributed by atoms with Crippen LogP contribution in [0.15, 0.2) is 67.0 Å². The van der Waals surface area contributed by atoms with Gasteiger partial charge in [-0.15, -0.1) is 0 Å². The number of hydrogen-bond donors (Lipinski definition) is 3. The average Bonchev–Trinajstić information content (AvgIpc) is 2.73. The number of para-hydroxylation sites is 1. The summed E-state index contributed by atoms with van der Waals surface area (Å²) in [5.41, 5.74) is 8.06. The number of nitrogens with zero attached hydrogens (tertiary/aromatic N) is 3. The number of benzene rings is 2. The van der Waals surface area contributed by atoms with E-state index in [0.717, 1.165) is 16.6 Å². The summed E-state index contributed by atoms with van der Waals surface area (Å²) in [6.07, 6.45) is 3.39. The number of amides is 1. The first-order valence-electron chi connectivity index (χ1n) is 8.82. The van der Waals surface area contributed by atoms with Crippen molar-refractivity contribution in [2.75, 3.05) is 17.7 Å². The maximum absolute atomic E-state index is 11.4. The van der Waals surface area contributed by atoms with Crippen molar-refractivity contribution in [3.63, 3.8) is 0 Å². The van der Waals surface area contributed by atoms with Gasteiger partial charge in [-0.2, -0.15) is 4.98 Å². The Kier molecular flexibility index (Phi) is 4.90. The minimum atomic E-state index is -0.556. The van der Waals surface area contributed by atoms with Crippen molar-refractivity contribution in [2.45, 2.75) is 0 Å². The molecule has 0 saturated carbocycles. The lowest BCUT2D eigenvalue weighted by Gasteiger charge is -2.11. The molecule has 4 aromatic rings. The number of fused-ring (bicyclic) bond motifs is 1. The maximum Gasteiger partial charge on any atom is 0.252 e. The number of carbonyl (C=O) groups is 1. The van der Waals surface area contributed by atoms with Gasteiger partial charge in [-0.3, -0.25) is 9.78 Å². The number of methoxy groups -OCH3 is 1. The zero-order valence-corrected chi connectivity index (χ0v) is 15.6. The summed E-state index contributed by atoms with van der Waals surface area (Å²) in [5.74, 6) is 0.816. The zero-order chi connectivity index (χ0) is 20.2. The van der Waals surface area contributed by atoms with Crippen LogP contribution in [0.4, 0.5) is 23.1 Å². The first-order chi connectivity index (χ1) is 14.1. The number of hydrogen-bond acceptors (Lipinski definition) is 7. The van der Waals surface area contributed by atoms with E-state index in [1.54, 1.807) is 36.7 Å². The molecular weight excluding hydrogens is 368 g/mol. The Bertz CT molecular complexity index is 1190. The van der Waals surface area contributed by atoms with E-state index in [1.807, 2.05) is 30.3 Å². The van der Waals surface area contributed by atoms with Gasteiger partial charge in [-0.05, 0) is 30.3 Å². The Balaban J connectivity index is 1.54. The molecule has 0 aliphatic heterocycles. The number of nitrogens with one attached hydrogen (secondary N) is 2. The molecule has 0 spiro atoms. The summed E-state index contributed by atoms with van der Waals surface area (Å²) in [6.45, 7) is 0. The van der Waals surface area contributed by atoms with E-state index >= 15 is 0 Å². The van der Waals surface area contributed by atoms with Gasteiger partial charge in [0.2, 0.25) is 5.95 Å². The predicted molar refractivity (Wildman–Crippen MR) is 112 cm³/mol. The van der Waals surface area contributed by atoms with Gasteiger partial charge in [0.25, 0.3) is 5.91 Å². The topological polar surface area (TPSA) is 115 Å². The van der Waals surface area contributed by atoms with Crippen molar-refractivity contribution in [1.82, 2.24) is 15.0 Å². The van der Waals surface area contributed by atoms with Gasteiger partial charge in [-0.25, -0.2) is 4.98 Å². The molecule has 0 bridgehead atoms. The predicted octanol–water partition coefficient (Wildman–Crippen LogP) is 3.62. The summed E-state index contributed by atoms with van der Waals surface area (Å²) in [4.78, 5) is 24.6. The molecule has 8 heteroatoms. The summed E-state index contributed by atoms with van der Waals surface area (Å²) in [6, 6.07) is 16.6. The smallest absolute Gasteiger partial charge is 0.252 e. The molecule has 2 aromatic carbocycles. The third-order valence-corrected chi connectivity index (χ3v) is 4.24. The number of pyridine rings is 1. The lowest BCUT2D eigenvalue weighted by atomic mass is 10.1. The second-order valence-electron chi connectivity index (χ2n) is 6.21. The van der Waals surface area contributed by atoms with Crippen molar-refractivity contribution in [1.29, 1.82) is 0 Å². The standard InChI is InChI=1S/C21H18N6O2/c1-29-18-11-14(6-7-16(18)20(22)28)26-21-23-9-8-19(27-21)25-15-10-13-4-2-3-5-17(13)24-12-15/h2-12H,1H3,(H2,22,28)(H2,23,25,26,27). The molecule has 4 N–H and O–H groups in total. The number of aromatic nitrogens is 3. The lowest BCUT2D eigenvalue weighted by Crippen LogP contribution is -2.12. The number of nitrogens with two attached hydrogens (primary N) is 1. The molecule has 29 heavy (non-hydrogen) atoms. The SMILES string of the molecule is COc1cc(Nc2nccc(Nc3cnc4ccccc4c3)n2)ccc1C(N)=O. The molecule has 0 radical (unpaired) electrons. The molecule has 2 heterocycles. The number of primary amides is 1. The van der Waals surface area contributed by atoms with E-state index < -0.39 is 5.91 Å². The van der Waals surface area contributed by atoms with Gasteiger partial charge < -0.3 is 21.1 Å². The van der Waals surface area contributed by atoms with Gasteiger partial charge in [0.05, 0.1) is 30.1 Å². The van der Waals surface area contributed by atoms with Crippen LogP contribution in [0.2, 0.25) is 0 Å². The molecule has 4 rings (SSSR count). The van der Waals surface area contributed by atoms with Crippen LogP contribution < -0.4 is 21.1 Å². The highest BCUT2D eigenvalue weighted by atomic mass is 16.5. The number of carbonyl (C=O) groups excluding carboxylic acids is 1. The van der Waals surface area contributed by atoms with Crippen LogP contribution in [-0.2, 0) is 0 Å². The Morgan fingerprint density at radius 2 is 1.86 bits per heavy atom. The fraction of sp³-hybridized carbons (Fsp3) is 0.0476. The molecule has 0 aliphatic carbocycles. The summed E-state index contributed by atoms with van der Waals surface area (Å²) < 4.78 is 5.22. The Morgan fingerprint density at radius 1 is 1.00 bits per heavy atom. The van der Waals surface area contributed by atoms with Crippen molar-refractivity contribution in [3.05, 3.63) is 72.6 Å². The van der Waals surface area contributed by atoms with Crippen molar-refractivity contribution in [2.24, 2.45) is 5.73 Å². The minimum Gasteiger partial charge on any atom is -0.496 e. The molecule has 1 amide bonds. The van der Waals surface area contributed by atoms with Crippen molar-refractivity contribution < 1.29 is 9.53 Å². The fourth-order valence-electron chi connectivity index (χ4n) is 2.88. The Labute approximate surface area is 166 Å². The third kappa shape index (κ3) is 4.06. The monoisotopic (exact) mass is 386 g/mol. The highest BCUT2D eigenvalue weighted by Crippen LogP contribution is 2.25. The van der Waals surface area contributed by atoms with E-state index in [4.69, 9.17) is 10.5 Å². The number of rotatable bonds is 6. The highest BCUT2D eigenvalue weighted by Gasteiger charge is 2.10. The molecule has 0 unspecified atom stereocenters. The summed E-state index contributed by atoms with van der Waals surface area (Å²) >= 11 is 0. The molecule has 2 aromatic heterocycles. The van der Waals surface area contributed by atoms with Crippen LogP contribution in [0.1, 0.15) is 10.4 Å². The quantitative estimate of drug-likeness (QED) is 0.463. The fourth-order valence-corrected chi connectivity index (χ4v) is 2.88. The zero-order valence-electron chi connectivity index (χ0n) is 15.6. The Hall–Kier alpha value is -4.20. The minimum absolute atomic E-state index is 0.304. The van der Waals surface area contributed by atoms with Crippen LogP contribution in [0, 0.1) is 0 Å². The molecule has 0 fully saturated rings. The molecule has 144 valence electrons. The van der Waals surface area contributed by atoms with Gasteiger partial charge in [0.15, 0.2) is 0 Å². The van der Waals surface area contributed by atoms with Gasteiger partial charge in [0, 0.05) is 23.3 Å². The lowest BCUT2D eigenvalue weighted by molar-refractivity contribution is 0.0997. The van der Waals surface area contributed by atoms with Crippen LogP contribution in [0.25, 0.3) is 10.9 Å². The first kappa shape index (κ1) is 18.2. The largest absolute Gasteiger partial charge is 0.496 e. The molecule has 8 nitrogen and oxygen atoms in total. The van der Waals surface area contributed by atoms with E-state index in [-0.39, 0.29) is 0 Å². The van der Waals surface area contributed by atoms with E-state index in [0.29, 0.717) is 28.8 Å². The molecular formula is C21H18N6O2. The van der Waals surface area contributed by atoms with Crippen LogP contribution in [0.5, 0.6) is 5.75 Å². The normalized spacial score (nSPS) is 10.5. The molecule has 0 saturated heterocycles. The average molecular weight is 386 g/mol. The Morgan fingerprint density at radius 3 is 2.69 bits per heavy atom. The van der Waals surface area contributed by atoms with Gasteiger partial charge in [0.1, 0.15) is 11.6 Å². The molecule has 0 atom stereocenters. The van der Waals surface area contributed by atoms with Crippen LogP contribution in [-0.4, -0.2) is 28.0 Å². The van der Waals surface area contributed by atoms with Gasteiger partial charge in [-0.1, -0.05) is 18.2 Å². The number of anilines is 4. The van der Waals surface area contributed by atoms with E-state index in [9.17, 15) is 4.79 Å². The van der Waals surface area contributed by atoms with Crippen molar-refractivity contribution in [3.8, 4) is 5.75 Å². The van der Waals surface area contributed by atoms with Crippen molar-refractivity contribution >= 4 is 40.0 Å². The maximum atomic E-state index is 11.4. The van der Waals surface area contributed by atoms with Crippen LogP contribution >= 0.6 is 0 Å². The van der Waals surface area contributed by atoms with Gasteiger partial charge >= 0.3 is 0 Å². The third-order valence-electron chi connectivity index (χ3n) is 4.24. The van der Waals surface area contributed by atoms with E-state index in [1.165, 1.54) is 7.11 Å². The second kappa shape index (κ2) is 7.81. The second-order valence-corrected chi connectivity index (χ2v) is 6.21. The van der Waals surface area contributed by atoms with Crippen LogP contribution in [0.3, 0.4) is 0 Å². The molecule has 0 aliphatic rings. The first-order valence-corrected chi connectivity index (χ1v) is 8.82.